The number of rotatable bonds is 0. The molecule has 0 spiro atoms. The van der Waals surface area contributed by atoms with Crippen LogP contribution in [0.15, 0.2) is 84.9 Å². The van der Waals surface area contributed by atoms with E-state index < -0.39 is 0 Å². The largest absolute Gasteiger partial charge is 0.0683 e. The molecule has 0 heteroatoms. The van der Waals surface area contributed by atoms with E-state index in [0.717, 1.165) is 0 Å². The molecular formula is C31H32. The maximum Gasteiger partial charge on any atom is 0.0165 e. The number of hydrogen-bond donors (Lipinski definition) is 0. The van der Waals surface area contributed by atoms with E-state index in [0.29, 0.717) is 0 Å². The summed E-state index contributed by atoms with van der Waals surface area (Å²) in [6, 6.07) is 31.4. The SMILES string of the molecule is CC.CC.CC1(C)c2ccc3c(ccc4ccccc43)c2-c2ccc3ccccc3c21. The van der Waals surface area contributed by atoms with E-state index in [1.54, 1.807) is 0 Å². The highest BCUT2D eigenvalue weighted by Gasteiger charge is 2.37. The minimum absolute atomic E-state index is 0.00532. The molecule has 0 saturated heterocycles. The first-order valence-corrected chi connectivity index (χ1v) is 11.6. The highest BCUT2D eigenvalue weighted by Crippen LogP contribution is 2.53. The Morgan fingerprint density at radius 2 is 1.03 bits per heavy atom. The molecule has 5 aromatic rings. The van der Waals surface area contributed by atoms with Crippen molar-refractivity contribution < 1.29 is 0 Å². The van der Waals surface area contributed by atoms with E-state index in [1.165, 1.54) is 54.6 Å². The van der Waals surface area contributed by atoms with Crippen molar-refractivity contribution in [2.45, 2.75) is 47.0 Å². The first-order chi connectivity index (χ1) is 15.2. The third kappa shape index (κ3) is 3.05. The van der Waals surface area contributed by atoms with Crippen LogP contribution >= 0.6 is 0 Å². The highest BCUT2D eigenvalue weighted by atomic mass is 14.4. The van der Waals surface area contributed by atoms with Gasteiger partial charge in [0.05, 0.1) is 0 Å². The van der Waals surface area contributed by atoms with E-state index in [4.69, 9.17) is 0 Å². The van der Waals surface area contributed by atoms with Gasteiger partial charge < -0.3 is 0 Å². The second-order valence-corrected chi connectivity index (χ2v) is 8.20. The van der Waals surface area contributed by atoms with Crippen molar-refractivity contribution in [3.63, 3.8) is 0 Å². The van der Waals surface area contributed by atoms with Crippen molar-refractivity contribution in [1.29, 1.82) is 0 Å². The van der Waals surface area contributed by atoms with Gasteiger partial charge in [-0.25, -0.2) is 0 Å². The normalized spacial score (nSPS) is 13.1. The van der Waals surface area contributed by atoms with Crippen LogP contribution in [0.4, 0.5) is 0 Å². The summed E-state index contributed by atoms with van der Waals surface area (Å²) in [6.45, 7) is 12.7. The third-order valence-corrected chi connectivity index (χ3v) is 6.42. The van der Waals surface area contributed by atoms with E-state index in [-0.39, 0.29) is 5.41 Å². The Morgan fingerprint density at radius 3 is 1.74 bits per heavy atom. The summed E-state index contributed by atoms with van der Waals surface area (Å²) in [7, 11) is 0. The fourth-order valence-electron chi connectivity index (χ4n) is 5.19. The molecule has 0 aromatic heterocycles. The summed E-state index contributed by atoms with van der Waals surface area (Å²) < 4.78 is 0. The molecule has 0 bridgehead atoms. The maximum atomic E-state index is 2.37. The number of fused-ring (bicyclic) bond motifs is 9. The molecule has 0 nitrogen and oxygen atoms in total. The Balaban J connectivity index is 0.000000549. The maximum absolute atomic E-state index is 2.37. The lowest BCUT2D eigenvalue weighted by Gasteiger charge is -2.23. The lowest BCUT2D eigenvalue weighted by atomic mass is 9.80. The van der Waals surface area contributed by atoms with Gasteiger partial charge in [-0.05, 0) is 54.6 Å². The zero-order valence-corrected chi connectivity index (χ0v) is 19.6. The molecular weight excluding hydrogens is 372 g/mol. The zero-order valence-electron chi connectivity index (χ0n) is 19.6. The van der Waals surface area contributed by atoms with Gasteiger partial charge in [0.2, 0.25) is 0 Å². The molecule has 31 heavy (non-hydrogen) atoms. The van der Waals surface area contributed by atoms with E-state index in [9.17, 15) is 0 Å². The van der Waals surface area contributed by atoms with Crippen LogP contribution in [0, 0.1) is 0 Å². The standard InChI is InChI=1S/C27H20.2C2H6/c1-27(2)24-16-15-21-19-9-5-3-7-17(19)11-13-22(21)25(24)23-14-12-18-8-4-6-10-20(18)26(23)27;2*1-2/h3-16H,1-2H3;2*1-2H3. The lowest BCUT2D eigenvalue weighted by Crippen LogP contribution is -2.15. The second-order valence-electron chi connectivity index (χ2n) is 8.20. The van der Waals surface area contributed by atoms with Gasteiger partial charge in [-0.3, -0.25) is 0 Å². The van der Waals surface area contributed by atoms with Gasteiger partial charge in [-0.2, -0.15) is 0 Å². The monoisotopic (exact) mass is 404 g/mol. The topological polar surface area (TPSA) is 0 Å². The molecule has 0 amide bonds. The second kappa shape index (κ2) is 8.19. The van der Waals surface area contributed by atoms with Crippen LogP contribution in [-0.4, -0.2) is 0 Å². The Bertz CT molecular complexity index is 1390. The molecule has 1 aliphatic carbocycles. The van der Waals surface area contributed by atoms with Crippen molar-refractivity contribution in [1.82, 2.24) is 0 Å². The Morgan fingerprint density at radius 1 is 0.484 bits per heavy atom. The summed E-state index contributed by atoms with van der Waals surface area (Å²) in [6.07, 6.45) is 0. The molecule has 0 aliphatic heterocycles. The van der Waals surface area contributed by atoms with E-state index in [2.05, 4.69) is 98.8 Å². The average Bonchev–Trinajstić information content (AvgIpc) is 3.08. The van der Waals surface area contributed by atoms with Crippen LogP contribution < -0.4 is 0 Å². The fourth-order valence-corrected chi connectivity index (χ4v) is 5.19. The summed E-state index contributed by atoms with van der Waals surface area (Å²) in [5.74, 6) is 0. The first kappa shape index (κ1) is 21.1. The van der Waals surface area contributed by atoms with Gasteiger partial charge in [0.15, 0.2) is 0 Å². The van der Waals surface area contributed by atoms with Crippen LogP contribution in [0.1, 0.15) is 52.7 Å². The lowest BCUT2D eigenvalue weighted by molar-refractivity contribution is 0.667. The third-order valence-electron chi connectivity index (χ3n) is 6.42. The molecule has 5 aromatic carbocycles. The van der Waals surface area contributed by atoms with Gasteiger partial charge in [-0.1, -0.05) is 126 Å². The minimum atomic E-state index is 0.00532. The van der Waals surface area contributed by atoms with Gasteiger partial charge in [0, 0.05) is 5.41 Å². The molecule has 0 heterocycles. The van der Waals surface area contributed by atoms with Crippen LogP contribution in [-0.2, 0) is 5.41 Å². The Kier molecular flexibility index (Phi) is 5.58. The summed E-state index contributed by atoms with van der Waals surface area (Å²) in [4.78, 5) is 0. The highest BCUT2D eigenvalue weighted by molar-refractivity contribution is 6.15. The molecule has 0 atom stereocenters. The number of hydrogen-bond acceptors (Lipinski definition) is 0. The fraction of sp³-hybridized carbons (Fsp3) is 0.226. The van der Waals surface area contributed by atoms with E-state index in [1.807, 2.05) is 27.7 Å². The summed E-state index contributed by atoms with van der Waals surface area (Å²) >= 11 is 0. The predicted molar refractivity (Wildman–Crippen MR) is 139 cm³/mol. The summed E-state index contributed by atoms with van der Waals surface area (Å²) in [5.41, 5.74) is 5.73. The molecule has 6 rings (SSSR count). The van der Waals surface area contributed by atoms with Gasteiger partial charge in [0.25, 0.3) is 0 Å². The van der Waals surface area contributed by atoms with Gasteiger partial charge in [-0.15, -0.1) is 0 Å². The van der Waals surface area contributed by atoms with Gasteiger partial charge in [0.1, 0.15) is 0 Å². The van der Waals surface area contributed by atoms with Crippen molar-refractivity contribution in [3.05, 3.63) is 96.1 Å². The molecule has 0 saturated carbocycles. The smallest absolute Gasteiger partial charge is 0.0165 e. The predicted octanol–water partition coefficient (Wildman–Crippen LogP) is 9.50. The minimum Gasteiger partial charge on any atom is -0.0683 e. The van der Waals surface area contributed by atoms with Crippen molar-refractivity contribution in [2.75, 3.05) is 0 Å². The average molecular weight is 405 g/mol. The number of benzene rings is 5. The molecule has 1 aliphatic rings. The molecule has 0 radical (unpaired) electrons. The Labute approximate surface area is 186 Å². The molecule has 0 unspecified atom stereocenters. The van der Waals surface area contributed by atoms with E-state index >= 15 is 0 Å². The van der Waals surface area contributed by atoms with Crippen LogP contribution in [0.3, 0.4) is 0 Å². The van der Waals surface area contributed by atoms with Crippen molar-refractivity contribution in [3.8, 4) is 11.1 Å². The van der Waals surface area contributed by atoms with Crippen molar-refractivity contribution >= 4 is 32.3 Å². The zero-order chi connectivity index (χ0) is 22.2. The quantitative estimate of drug-likeness (QED) is 0.225. The van der Waals surface area contributed by atoms with Crippen LogP contribution in [0.2, 0.25) is 0 Å². The first-order valence-electron chi connectivity index (χ1n) is 11.6. The molecule has 0 N–H and O–H groups in total. The molecule has 156 valence electrons. The van der Waals surface area contributed by atoms with Crippen LogP contribution in [0.5, 0.6) is 0 Å². The van der Waals surface area contributed by atoms with Crippen molar-refractivity contribution in [2.24, 2.45) is 0 Å². The Hall–Kier alpha value is -3.12. The summed E-state index contributed by atoms with van der Waals surface area (Å²) in [5, 5.41) is 8.07. The van der Waals surface area contributed by atoms with Crippen LogP contribution in [0.25, 0.3) is 43.4 Å². The molecule has 0 fully saturated rings. The van der Waals surface area contributed by atoms with Gasteiger partial charge >= 0.3 is 0 Å².